The van der Waals surface area contributed by atoms with Crippen molar-refractivity contribution in [2.45, 2.75) is 26.7 Å². The topological polar surface area (TPSA) is 55.8 Å². The van der Waals surface area contributed by atoms with E-state index in [2.05, 4.69) is 18.1 Å². The zero-order chi connectivity index (χ0) is 15.5. The standard InChI is InChI=1S/C15H25NO4/c1-12(2)14(17)19-10-6-8-16(5)9-7-11-20-15(18)13(3)4/h1,3,6-11H2,2,4-5H3. The van der Waals surface area contributed by atoms with Crippen molar-refractivity contribution < 1.29 is 19.1 Å². The Balaban J connectivity index is 3.53. The van der Waals surface area contributed by atoms with Crippen LogP contribution in [-0.2, 0) is 19.1 Å². The molecule has 0 amide bonds. The first-order valence-electron chi connectivity index (χ1n) is 6.68. The van der Waals surface area contributed by atoms with E-state index < -0.39 is 0 Å². The minimum atomic E-state index is -0.348. The van der Waals surface area contributed by atoms with E-state index in [4.69, 9.17) is 9.47 Å². The third-order valence-electron chi connectivity index (χ3n) is 2.53. The van der Waals surface area contributed by atoms with Gasteiger partial charge in [0.15, 0.2) is 0 Å². The van der Waals surface area contributed by atoms with Crippen LogP contribution in [0.4, 0.5) is 0 Å². The Hall–Kier alpha value is -1.62. The molecule has 0 bridgehead atoms. The Morgan fingerprint density at radius 1 is 0.900 bits per heavy atom. The van der Waals surface area contributed by atoms with Crippen LogP contribution in [0, 0.1) is 0 Å². The Bertz CT molecular complexity index is 329. The lowest BCUT2D eigenvalue weighted by Crippen LogP contribution is -2.24. The highest BCUT2D eigenvalue weighted by atomic mass is 16.5. The number of hydrogen-bond acceptors (Lipinski definition) is 5. The molecular formula is C15H25NO4. The molecule has 114 valence electrons. The van der Waals surface area contributed by atoms with Gasteiger partial charge in [-0.05, 0) is 33.7 Å². The van der Waals surface area contributed by atoms with E-state index in [9.17, 15) is 9.59 Å². The molecule has 0 atom stereocenters. The second-order valence-corrected chi connectivity index (χ2v) is 4.84. The van der Waals surface area contributed by atoms with E-state index in [1.165, 1.54) is 0 Å². The summed E-state index contributed by atoms with van der Waals surface area (Å²) >= 11 is 0. The van der Waals surface area contributed by atoms with Gasteiger partial charge in [-0.15, -0.1) is 0 Å². The first-order chi connectivity index (χ1) is 9.34. The van der Waals surface area contributed by atoms with Crippen molar-refractivity contribution in [3.05, 3.63) is 24.3 Å². The fourth-order valence-electron chi connectivity index (χ4n) is 1.36. The number of carbonyl (C=O) groups is 2. The molecule has 0 radical (unpaired) electrons. The van der Waals surface area contributed by atoms with Crippen LogP contribution in [0.1, 0.15) is 26.7 Å². The first kappa shape index (κ1) is 18.4. The highest BCUT2D eigenvalue weighted by molar-refractivity contribution is 5.87. The Kier molecular flexibility index (Phi) is 9.38. The summed E-state index contributed by atoms with van der Waals surface area (Å²) in [6.45, 7) is 12.7. The summed E-state index contributed by atoms with van der Waals surface area (Å²) in [5, 5.41) is 0. The molecule has 0 heterocycles. The van der Waals surface area contributed by atoms with Gasteiger partial charge in [0.05, 0.1) is 13.2 Å². The molecular weight excluding hydrogens is 258 g/mol. The number of nitrogens with zero attached hydrogens (tertiary/aromatic N) is 1. The molecule has 0 aromatic carbocycles. The number of esters is 2. The van der Waals surface area contributed by atoms with Crippen LogP contribution in [-0.4, -0.2) is 50.2 Å². The van der Waals surface area contributed by atoms with Gasteiger partial charge in [-0.3, -0.25) is 0 Å². The summed E-state index contributed by atoms with van der Waals surface area (Å²) < 4.78 is 9.99. The summed E-state index contributed by atoms with van der Waals surface area (Å²) in [4.78, 5) is 24.4. The van der Waals surface area contributed by atoms with Gasteiger partial charge in [0.1, 0.15) is 0 Å². The maximum atomic E-state index is 11.1. The summed E-state index contributed by atoms with van der Waals surface area (Å²) in [6, 6.07) is 0. The Labute approximate surface area is 121 Å². The minimum Gasteiger partial charge on any atom is -0.462 e. The average Bonchev–Trinajstić information content (AvgIpc) is 2.38. The average molecular weight is 283 g/mol. The highest BCUT2D eigenvalue weighted by Gasteiger charge is 2.05. The quantitative estimate of drug-likeness (QED) is 0.348. The second kappa shape index (κ2) is 10.2. The number of hydrogen-bond donors (Lipinski definition) is 0. The van der Waals surface area contributed by atoms with Crippen molar-refractivity contribution >= 4 is 11.9 Å². The predicted molar refractivity (Wildman–Crippen MR) is 78.3 cm³/mol. The van der Waals surface area contributed by atoms with Crippen LogP contribution in [0.5, 0.6) is 0 Å². The number of carbonyl (C=O) groups excluding carboxylic acids is 2. The van der Waals surface area contributed by atoms with E-state index in [1.807, 2.05) is 7.05 Å². The Morgan fingerprint density at radius 2 is 1.25 bits per heavy atom. The number of ether oxygens (including phenoxy) is 2. The molecule has 0 unspecified atom stereocenters. The molecule has 0 aromatic heterocycles. The first-order valence-corrected chi connectivity index (χ1v) is 6.68. The predicted octanol–water partition coefficient (Wildman–Crippen LogP) is 1.94. The smallest absolute Gasteiger partial charge is 0.333 e. The Morgan fingerprint density at radius 3 is 1.55 bits per heavy atom. The summed E-state index contributed by atoms with van der Waals surface area (Å²) in [5.74, 6) is -0.696. The summed E-state index contributed by atoms with van der Waals surface area (Å²) in [5.41, 5.74) is 0.829. The second-order valence-electron chi connectivity index (χ2n) is 4.84. The monoisotopic (exact) mass is 283 g/mol. The fourth-order valence-corrected chi connectivity index (χ4v) is 1.36. The number of rotatable bonds is 10. The molecule has 0 fully saturated rings. The normalized spacial score (nSPS) is 10.2. The van der Waals surface area contributed by atoms with Gasteiger partial charge < -0.3 is 14.4 Å². The largest absolute Gasteiger partial charge is 0.462 e. The minimum absolute atomic E-state index is 0.348. The molecule has 0 aliphatic heterocycles. The van der Waals surface area contributed by atoms with Crippen LogP contribution >= 0.6 is 0 Å². The molecule has 0 aliphatic carbocycles. The van der Waals surface area contributed by atoms with E-state index in [-0.39, 0.29) is 11.9 Å². The van der Waals surface area contributed by atoms with Crippen LogP contribution < -0.4 is 0 Å². The van der Waals surface area contributed by atoms with Gasteiger partial charge in [0.2, 0.25) is 0 Å². The van der Waals surface area contributed by atoms with Gasteiger partial charge in [0, 0.05) is 24.2 Å². The van der Waals surface area contributed by atoms with Crippen molar-refractivity contribution in [3.8, 4) is 0 Å². The van der Waals surface area contributed by atoms with E-state index in [1.54, 1.807) is 13.8 Å². The highest BCUT2D eigenvalue weighted by Crippen LogP contribution is 1.97. The lowest BCUT2D eigenvalue weighted by atomic mass is 10.3. The summed E-state index contributed by atoms with van der Waals surface area (Å²) in [6.07, 6.45) is 1.53. The van der Waals surface area contributed by atoms with Gasteiger partial charge in [-0.2, -0.15) is 0 Å². The van der Waals surface area contributed by atoms with Gasteiger partial charge >= 0.3 is 11.9 Å². The maximum Gasteiger partial charge on any atom is 0.333 e. The summed E-state index contributed by atoms with van der Waals surface area (Å²) in [7, 11) is 1.97. The molecule has 0 spiro atoms. The lowest BCUT2D eigenvalue weighted by molar-refractivity contribution is -0.139. The molecule has 0 aliphatic rings. The molecule has 20 heavy (non-hydrogen) atoms. The van der Waals surface area contributed by atoms with Crippen molar-refractivity contribution in [2.75, 3.05) is 33.4 Å². The van der Waals surface area contributed by atoms with E-state index >= 15 is 0 Å². The molecule has 0 aromatic rings. The maximum absolute atomic E-state index is 11.1. The molecule has 0 saturated carbocycles. The molecule has 0 rings (SSSR count). The third-order valence-corrected chi connectivity index (χ3v) is 2.53. The van der Waals surface area contributed by atoms with Crippen molar-refractivity contribution in [1.29, 1.82) is 0 Å². The van der Waals surface area contributed by atoms with Crippen LogP contribution in [0.3, 0.4) is 0 Å². The SMILES string of the molecule is C=C(C)C(=O)OCCCN(C)CCCOC(=O)C(=C)C. The molecule has 0 N–H and O–H groups in total. The molecule has 5 heteroatoms. The van der Waals surface area contributed by atoms with Crippen LogP contribution in [0.2, 0.25) is 0 Å². The zero-order valence-electron chi connectivity index (χ0n) is 12.7. The zero-order valence-corrected chi connectivity index (χ0v) is 12.7. The van der Waals surface area contributed by atoms with Gasteiger partial charge in [-0.1, -0.05) is 13.2 Å². The lowest BCUT2D eigenvalue weighted by Gasteiger charge is -2.16. The van der Waals surface area contributed by atoms with Crippen LogP contribution in [0.15, 0.2) is 24.3 Å². The van der Waals surface area contributed by atoms with Crippen LogP contribution in [0.25, 0.3) is 0 Å². The molecule has 0 saturated heterocycles. The van der Waals surface area contributed by atoms with Crippen molar-refractivity contribution in [2.24, 2.45) is 0 Å². The molecule has 5 nitrogen and oxygen atoms in total. The van der Waals surface area contributed by atoms with E-state index in [0.717, 1.165) is 25.9 Å². The van der Waals surface area contributed by atoms with Gasteiger partial charge in [0.25, 0.3) is 0 Å². The van der Waals surface area contributed by atoms with Crippen molar-refractivity contribution in [1.82, 2.24) is 4.90 Å². The fraction of sp³-hybridized carbons (Fsp3) is 0.600. The van der Waals surface area contributed by atoms with Crippen molar-refractivity contribution in [3.63, 3.8) is 0 Å². The third kappa shape index (κ3) is 9.33. The van der Waals surface area contributed by atoms with E-state index in [0.29, 0.717) is 24.4 Å². The van der Waals surface area contributed by atoms with Gasteiger partial charge in [-0.25, -0.2) is 9.59 Å².